The second-order valence-corrected chi connectivity index (χ2v) is 5.02. The number of hydrogen-bond acceptors (Lipinski definition) is 4. The van der Waals surface area contributed by atoms with Gasteiger partial charge in [0.05, 0.1) is 19.3 Å². The summed E-state index contributed by atoms with van der Waals surface area (Å²) in [5.74, 6) is 1.65. The van der Waals surface area contributed by atoms with Crippen molar-refractivity contribution >= 4 is 23.4 Å². The summed E-state index contributed by atoms with van der Waals surface area (Å²) in [6.45, 7) is 2.08. The molecule has 0 radical (unpaired) electrons. The number of rotatable bonds is 2. The number of nitrogens with two attached hydrogens (primary N) is 1. The average molecular weight is 252 g/mol. The molecule has 1 aliphatic rings. The van der Waals surface area contributed by atoms with Gasteiger partial charge in [0.25, 0.3) is 0 Å². The standard InChI is InChI=1S/C12H16N2O2S/c1-8-7-17-11-5-9(16-2)3-4-10(11)14(8)12(15)6-13/h3-5,8H,6-7,13H2,1-2H3. The monoisotopic (exact) mass is 252 g/mol. The molecule has 1 atom stereocenters. The van der Waals surface area contributed by atoms with Crippen LogP contribution in [0.1, 0.15) is 6.92 Å². The smallest absolute Gasteiger partial charge is 0.241 e. The van der Waals surface area contributed by atoms with Gasteiger partial charge in [0.2, 0.25) is 5.91 Å². The number of carbonyl (C=O) groups excluding carboxylic acids is 1. The topological polar surface area (TPSA) is 55.6 Å². The van der Waals surface area contributed by atoms with Crippen LogP contribution in [0.5, 0.6) is 5.75 Å². The lowest BCUT2D eigenvalue weighted by Gasteiger charge is -2.34. The number of hydrogen-bond donors (Lipinski definition) is 1. The minimum Gasteiger partial charge on any atom is -0.497 e. The SMILES string of the molecule is COc1ccc2c(c1)SCC(C)N2C(=O)CN. The zero-order chi connectivity index (χ0) is 12.4. The molecule has 1 heterocycles. The normalized spacial score (nSPS) is 18.8. The van der Waals surface area contributed by atoms with Crippen LogP contribution in [-0.2, 0) is 4.79 Å². The van der Waals surface area contributed by atoms with E-state index in [-0.39, 0.29) is 18.5 Å². The van der Waals surface area contributed by atoms with Crippen molar-refractivity contribution in [2.45, 2.75) is 17.9 Å². The van der Waals surface area contributed by atoms with Crippen LogP contribution in [0.25, 0.3) is 0 Å². The predicted molar refractivity (Wildman–Crippen MR) is 69.7 cm³/mol. The van der Waals surface area contributed by atoms with Gasteiger partial charge in [-0.3, -0.25) is 4.79 Å². The molecule has 4 nitrogen and oxygen atoms in total. The molecule has 1 aromatic rings. The highest BCUT2D eigenvalue weighted by molar-refractivity contribution is 7.99. The summed E-state index contributed by atoms with van der Waals surface area (Å²) in [4.78, 5) is 14.7. The third-order valence-electron chi connectivity index (χ3n) is 2.79. The van der Waals surface area contributed by atoms with E-state index in [1.54, 1.807) is 23.8 Å². The van der Waals surface area contributed by atoms with Gasteiger partial charge in [-0.1, -0.05) is 0 Å². The van der Waals surface area contributed by atoms with Crippen LogP contribution >= 0.6 is 11.8 Å². The summed E-state index contributed by atoms with van der Waals surface area (Å²) in [6, 6.07) is 5.93. The van der Waals surface area contributed by atoms with Gasteiger partial charge in [0, 0.05) is 16.7 Å². The summed E-state index contributed by atoms with van der Waals surface area (Å²) in [7, 11) is 1.64. The molecule has 17 heavy (non-hydrogen) atoms. The summed E-state index contributed by atoms with van der Waals surface area (Å²) in [5.41, 5.74) is 6.39. The van der Waals surface area contributed by atoms with E-state index in [2.05, 4.69) is 0 Å². The van der Waals surface area contributed by atoms with Crippen molar-refractivity contribution in [2.75, 3.05) is 24.3 Å². The Hall–Kier alpha value is -1.20. The van der Waals surface area contributed by atoms with Crippen molar-refractivity contribution in [1.29, 1.82) is 0 Å². The lowest BCUT2D eigenvalue weighted by molar-refractivity contribution is -0.117. The molecule has 0 aliphatic carbocycles. The van der Waals surface area contributed by atoms with Crippen LogP contribution in [0.4, 0.5) is 5.69 Å². The Bertz CT molecular complexity index is 437. The van der Waals surface area contributed by atoms with Gasteiger partial charge in [-0.25, -0.2) is 0 Å². The summed E-state index contributed by atoms with van der Waals surface area (Å²) >= 11 is 1.74. The predicted octanol–water partition coefficient (Wildman–Crippen LogP) is 1.48. The van der Waals surface area contributed by atoms with E-state index < -0.39 is 0 Å². The Morgan fingerprint density at radius 3 is 3.06 bits per heavy atom. The van der Waals surface area contributed by atoms with Gasteiger partial charge >= 0.3 is 0 Å². The summed E-state index contributed by atoms with van der Waals surface area (Å²) in [5, 5.41) is 0. The van der Waals surface area contributed by atoms with E-state index in [0.29, 0.717) is 0 Å². The number of amides is 1. The Kier molecular flexibility index (Phi) is 3.59. The number of ether oxygens (including phenoxy) is 1. The molecule has 1 aromatic carbocycles. The number of fused-ring (bicyclic) bond motifs is 1. The molecular formula is C12H16N2O2S. The van der Waals surface area contributed by atoms with E-state index >= 15 is 0 Å². The first kappa shape index (κ1) is 12.3. The van der Waals surface area contributed by atoms with E-state index in [9.17, 15) is 4.79 Å². The van der Waals surface area contributed by atoms with Crippen molar-refractivity contribution in [2.24, 2.45) is 5.73 Å². The second kappa shape index (κ2) is 4.98. The van der Waals surface area contributed by atoms with Crippen molar-refractivity contribution in [3.63, 3.8) is 0 Å². The quantitative estimate of drug-likeness (QED) is 0.866. The van der Waals surface area contributed by atoms with E-state index in [1.165, 1.54) is 0 Å². The van der Waals surface area contributed by atoms with Crippen LogP contribution in [0.15, 0.2) is 23.1 Å². The maximum absolute atomic E-state index is 11.9. The van der Waals surface area contributed by atoms with Crippen molar-refractivity contribution in [1.82, 2.24) is 0 Å². The minimum absolute atomic E-state index is 0.0378. The first-order valence-corrected chi connectivity index (χ1v) is 6.49. The van der Waals surface area contributed by atoms with Crippen LogP contribution in [0.3, 0.4) is 0 Å². The highest BCUT2D eigenvalue weighted by atomic mass is 32.2. The van der Waals surface area contributed by atoms with Gasteiger partial charge in [0.1, 0.15) is 5.75 Å². The largest absolute Gasteiger partial charge is 0.497 e. The fourth-order valence-electron chi connectivity index (χ4n) is 1.94. The Labute approximate surface area is 105 Å². The van der Waals surface area contributed by atoms with Crippen molar-refractivity contribution < 1.29 is 9.53 Å². The van der Waals surface area contributed by atoms with E-state index in [0.717, 1.165) is 22.1 Å². The molecule has 0 saturated heterocycles. The lowest BCUT2D eigenvalue weighted by Crippen LogP contribution is -2.45. The molecule has 1 aliphatic heterocycles. The second-order valence-electron chi connectivity index (χ2n) is 3.96. The zero-order valence-electron chi connectivity index (χ0n) is 9.97. The van der Waals surface area contributed by atoms with Crippen LogP contribution in [-0.4, -0.2) is 31.4 Å². The highest BCUT2D eigenvalue weighted by Gasteiger charge is 2.28. The maximum atomic E-state index is 11.9. The number of thioether (sulfide) groups is 1. The molecule has 0 saturated carbocycles. The third kappa shape index (κ3) is 2.25. The van der Waals surface area contributed by atoms with Gasteiger partial charge in [0.15, 0.2) is 0 Å². The molecule has 1 unspecified atom stereocenters. The van der Waals surface area contributed by atoms with Gasteiger partial charge in [-0.2, -0.15) is 0 Å². The maximum Gasteiger partial charge on any atom is 0.241 e. The zero-order valence-corrected chi connectivity index (χ0v) is 10.8. The third-order valence-corrected chi connectivity index (χ3v) is 4.08. The molecule has 2 rings (SSSR count). The average Bonchev–Trinajstić information content (AvgIpc) is 2.37. The highest BCUT2D eigenvalue weighted by Crippen LogP contribution is 2.39. The number of anilines is 1. The van der Waals surface area contributed by atoms with Gasteiger partial charge in [-0.15, -0.1) is 11.8 Å². The molecular weight excluding hydrogens is 236 g/mol. The van der Waals surface area contributed by atoms with Crippen LogP contribution < -0.4 is 15.4 Å². The van der Waals surface area contributed by atoms with Gasteiger partial charge < -0.3 is 15.4 Å². The van der Waals surface area contributed by atoms with E-state index in [1.807, 2.05) is 25.1 Å². The Balaban J connectivity index is 2.41. The fourth-order valence-corrected chi connectivity index (χ4v) is 3.02. The molecule has 5 heteroatoms. The first-order chi connectivity index (χ1) is 8.17. The van der Waals surface area contributed by atoms with E-state index in [4.69, 9.17) is 10.5 Å². The summed E-state index contributed by atoms with van der Waals surface area (Å²) < 4.78 is 5.19. The molecule has 92 valence electrons. The van der Waals surface area contributed by atoms with Crippen molar-refractivity contribution in [3.05, 3.63) is 18.2 Å². The van der Waals surface area contributed by atoms with Crippen molar-refractivity contribution in [3.8, 4) is 5.75 Å². The molecule has 0 fully saturated rings. The van der Waals surface area contributed by atoms with Crippen LogP contribution in [0, 0.1) is 0 Å². The molecule has 2 N–H and O–H groups in total. The number of benzene rings is 1. The lowest BCUT2D eigenvalue weighted by atomic mass is 10.2. The number of nitrogens with zero attached hydrogens (tertiary/aromatic N) is 1. The molecule has 0 bridgehead atoms. The molecule has 0 spiro atoms. The van der Waals surface area contributed by atoms with Crippen LogP contribution in [0.2, 0.25) is 0 Å². The number of carbonyl (C=O) groups is 1. The Morgan fingerprint density at radius 2 is 2.41 bits per heavy atom. The fraction of sp³-hybridized carbons (Fsp3) is 0.417. The van der Waals surface area contributed by atoms with Gasteiger partial charge in [-0.05, 0) is 25.1 Å². The summed E-state index contributed by atoms with van der Waals surface area (Å²) in [6.07, 6.45) is 0. The Morgan fingerprint density at radius 1 is 1.65 bits per heavy atom. The number of methoxy groups -OCH3 is 1. The minimum atomic E-state index is -0.0378. The molecule has 0 aromatic heterocycles. The first-order valence-electron chi connectivity index (χ1n) is 5.50. The molecule has 1 amide bonds.